The first-order valence-electron chi connectivity index (χ1n) is 5.04. The minimum absolute atomic E-state index is 0.540. The second-order valence-corrected chi connectivity index (χ2v) is 5.06. The number of thiazole rings is 1. The fraction of sp³-hybridized carbons (Fsp3) is 0.700. The van der Waals surface area contributed by atoms with Crippen LogP contribution in [0, 0.1) is 12.8 Å². The van der Waals surface area contributed by atoms with Crippen molar-refractivity contribution in [2.24, 2.45) is 5.92 Å². The third-order valence-corrected chi connectivity index (χ3v) is 4.07. The minimum atomic E-state index is 0.540. The number of rotatable bonds is 3. The van der Waals surface area contributed by atoms with E-state index in [0.717, 1.165) is 16.7 Å². The van der Waals surface area contributed by atoms with E-state index in [-0.39, 0.29) is 0 Å². The molecular weight excluding hydrogens is 216 g/mol. The Kier molecular flexibility index (Phi) is 3.29. The van der Waals surface area contributed by atoms with Gasteiger partial charge in [0.15, 0.2) is 5.13 Å². The summed E-state index contributed by atoms with van der Waals surface area (Å²) < 4.78 is 0. The number of nitrogens with one attached hydrogen (secondary N) is 1. The molecule has 1 heterocycles. The fourth-order valence-corrected chi connectivity index (χ4v) is 3.11. The van der Waals surface area contributed by atoms with Crippen molar-refractivity contribution in [3.8, 4) is 0 Å². The van der Waals surface area contributed by atoms with E-state index in [9.17, 15) is 0 Å². The van der Waals surface area contributed by atoms with Crippen LogP contribution in [0.3, 0.4) is 0 Å². The van der Waals surface area contributed by atoms with Gasteiger partial charge in [-0.25, -0.2) is 4.98 Å². The molecular formula is C10H15ClN2S. The lowest BCUT2D eigenvalue weighted by Crippen LogP contribution is -2.24. The Bertz CT molecular complexity index is 300. The van der Waals surface area contributed by atoms with Crippen molar-refractivity contribution >= 4 is 28.1 Å². The maximum Gasteiger partial charge on any atom is 0.183 e. The van der Waals surface area contributed by atoms with Gasteiger partial charge < -0.3 is 5.32 Å². The smallest absolute Gasteiger partial charge is 0.183 e. The Labute approximate surface area is 93.7 Å². The SMILES string of the molecule is Cc1csc(NC2CCCC2CCl)n1. The van der Waals surface area contributed by atoms with Crippen LogP contribution in [0.4, 0.5) is 5.13 Å². The van der Waals surface area contributed by atoms with Crippen LogP contribution in [-0.4, -0.2) is 16.9 Å². The fourth-order valence-electron chi connectivity index (χ4n) is 1.99. The molecule has 1 N–H and O–H groups in total. The van der Waals surface area contributed by atoms with Gasteiger partial charge in [-0.15, -0.1) is 22.9 Å². The van der Waals surface area contributed by atoms with E-state index in [1.54, 1.807) is 11.3 Å². The molecule has 4 heteroatoms. The number of nitrogens with zero attached hydrogens (tertiary/aromatic N) is 1. The van der Waals surface area contributed by atoms with E-state index >= 15 is 0 Å². The summed E-state index contributed by atoms with van der Waals surface area (Å²) in [6.45, 7) is 2.02. The molecule has 1 fully saturated rings. The molecule has 78 valence electrons. The van der Waals surface area contributed by atoms with Crippen molar-refractivity contribution in [2.45, 2.75) is 32.2 Å². The van der Waals surface area contributed by atoms with Gasteiger partial charge in [0.25, 0.3) is 0 Å². The molecule has 0 aliphatic heterocycles. The quantitative estimate of drug-likeness (QED) is 0.807. The Balaban J connectivity index is 1.96. The highest BCUT2D eigenvalue weighted by Crippen LogP contribution is 2.30. The van der Waals surface area contributed by atoms with Gasteiger partial charge >= 0.3 is 0 Å². The maximum absolute atomic E-state index is 5.92. The molecule has 1 aliphatic rings. The molecule has 2 rings (SSSR count). The van der Waals surface area contributed by atoms with Gasteiger partial charge in [-0.3, -0.25) is 0 Å². The van der Waals surface area contributed by atoms with Crippen LogP contribution in [0.5, 0.6) is 0 Å². The van der Waals surface area contributed by atoms with Gasteiger partial charge in [0.2, 0.25) is 0 Å². The minimum Gasteiger partial charge on any atom is -0.358 e. The lowest BCUT2D eigenvalue weighted by molar-refractivity contribution is 0.562. The molecule has 0 bridgehead atoms. The van der Waals surface area contributed by atoms with Crippen LogP contribution >= 0.6 is 22.9 Å². The van der Waals surface area contributed by atoms with Crippen LogP contribution in [0.1, 0.15) is 25.0 Å². The Morgan fingerprint density at radius 1 is 1.64 bits per heavy atom. The highest BCUT2D eigenvalue weighted by Gasteiger charge is 2.26. The zero-order chi connectivity index (χ0) is 9.97. The van der Waals surface area contributed by atoms with Crippen molar-refractivity contribution < 1.29 is 0 Å². The zero-order valence-electron chi connectivity index (χ0n) is 8.29. The predicted octanol–water partition coefficient (Wildman–Crippen LogP) is 3.27. The second kappa shape index (κ2) is 4.49. The molecule has 0 radical (unpaired) electrons. The molecule has 0 saturated heterocycles. The standard InChI is InChI=1S/C10H15ClN2S/c1-7-6-14-10(12-7)13-9-4-2-3-8(9)5-11/h6,8-9H,2-5H2,1H3,(H,12,13). The average Bonchev–Trinajstić information content (AvgIpc) is 2.76. The van der Waals surface area contributed by atoms with Crippen LogP contribution in [0.2, 0.25) is 0 Å². The molecule has 2 nitrogen and oxygen atoms in total. The summed E-state index contributed by atoms with van der Waals surface area (Å²) in [5.41, 5.74) is 1.10. The molecule has 2 unspecified atom stereocenters. The van der Waals surface area contributed by atoms with Gasteiger partial charge in [-0.05, 0) is 25.7 Å². The number of aryl methyl sites for hydroxylation is 1. The first-order chi connectivity index (χ1) is 6.79. The molecule has 1 aliphatic carbocycles. The molecule has 0 aromatic carbocycles. The maximum atomic E-state index is 5.92. The molecule has 0 amide bonds. The highest BCUT2D eigenvalue weighted by molar-refractivity contribution is 7.13. The lowest BCUT2D eigenvalue weighted by atomic mass is 10.1. The summed E-state index contributed by atoms with van der Waals surface area (Å²) in [4.78, 5) is 4.41. The van der Waals surface area contributed by atoms with Crippen LogP contribution in [-0.2, 0) is 0 Å². The number of hydrogen-bond acceptors (Lipinski definition) is 3. The number of anilines is 1. The molecule has 1 aromatic rings. The molecule has 2 atom stereocenters. The van der Waals surface area contributed by atoms with Crippen molar-refractivity contribution in [1.82, 2.24) is 4.98 Å². The second-order valence-electron chi connectivity index (χ2n) is 3.89. The van der Waals surface area contributed by atoms with Crippen molar-refractivity contribution in [3.05, 3.63) is 11.1 Å². The third-order valence-electron chi connectivity index (χ3n) is 2.79. The summed E-state index contributed by atoms with van der Waals surface area (Å²) in [7, 11) is 0. The van der Waals surface area contributed by atoms with Crippen LogP contribution in [0.25, 0.3) is 0 Å². The Morgan fingerprint density at radius 2 is 2.50 bits per heavy atom. The van der Waals surface area contributed by atoms with Gasteiger partial charge in [0, 0.05) is 17.3 Å². The largest absolute Gasteiger partial charge is 0.358 e. The topological polar surface area (TPSA) is 24.9 Å². The first-order valence-corrected chi connectivity index (χ1v) is 6.45. The van der Waals surface area contributed by atoms with E-state index in [4.69, 9.17) is 11.6 Å². The van der Waals surface area contributed by atoms with Gasteiger partial charge in [0.1, 0.15) is 0 Å². The number of hydrogen-bond donors (Lipinski definition) is 1. The van der Waals surface area contributed by atoms with E-state index in [1.165, 1.54) is 19.3 Å². The van der Waals surface area contributed by atoms with E-state index < -0.39 is 0 Å². The van der Waals surface area contributed by atoms with Crippen molar-refractivity contribution in [2.75, 3.05) is 11.2 Å². The zero-order valence-corrected chi connectivity index (χ0v) is 9.87. The van der Waals surface area contributed by atoms with Crippen LogP contribution < -0.4 is 5.32 Å². The summed E-state index contributed by atoms with van der Waals surface area (Å²) >= 11 is 7.60. The molecule has 14 heavy (non-hydrogen) atoms. The third kappa shape index (κ3) is 2.20. The normalized spacial score (nSPS) is 26.7. The average molecular weight is 231 g/mol. The van der Waals surface area contributed by atoms with Crippen molar-refractivity contribution in [3.63, 3.8) is 0 Å². The molecule has 1 saturated carbocycles. The number of aromatic nitrogens is 1. The van der Waals surface area contributed by atoms with Gasteiger partial charge in [0.05, 0.1) is 5.69 Å². The summed E-state index contributed by atoms with van der Waals surface area (Å²) in [6.07, 6.45) is 3.78. The first kappa shape index (κ1) is 10.2. The van der Waals surface area contributed by atoms with Gasteiger partial charge in [-0.1, -0.05) is 6.42 Å². The summed E-state index contributed by atoms with van der Waals surface area (Å²) in [6, 6.07) is 0.540. The Hall–Kier alpha value is -0.280. The molecule has 0 spiro atoms. The Morgan fingerprint density at radius 3 is 3.14 bits per heavy atom. The predicted molar refractivity (Wildman–Crippen MR) is 62.3 cm³/mol. The van der Waals surface area contributed by atoms with E-state index in [1.807, 2.05) is 6.92 Å². The van der Waals surface area contributed by atoms with E-state index in [0.29, 0.717) is 12.0 Å². The van der Waals surface area contributed by atoms with Crippen molar-refractivity contribution in [1.29, 1.82) is 0 Å². The van der Waals surface area contributed by atoms with E-state index in [2.05, 4.69) is 15.7 Å². The molecule has 1 aromatic heterocycles. The monoisotopic (exact) mass is 230 g/mol. The summed E-state index contributed by atoms with van der Waals surface area (Å²) in [5.74, 6) is 1.39. The number of alkyl halides is 1. The number of halogens is 1. The lowest BCUT2D eigenvalue weighted by Gasteiger charge is -2.17. The van der Waals surface area contributed by atoms with Crippen LogP contribution in [0.15, 0.2) is 5.38 Å². The summed E-state index contributed by atoms with van der Waals surface area (Å²) in [5, 5.41) is 6.61. The van der Waals surface area contributed by atoms with Gasteiger partial charge in [-0.2, -0.15) is 0 Å². The highest BCUT2D eigenvalue weighted by atomic mass is 35.5.